The Labute approximate surface area is 75.0 Å². The van der Waals surface area contributed by atoms with Crippen LogP contribution in [0.4, 0.5) is 0 Å². The van der Waals surface area contributed by atoms with E-state index in [0.29, 0.717) is 0 Å². The average Bonchev–Trinajstić information content (AvgIpc) is 1.97. The molecule has 0 aliphatic carbocycles. The lowest BCUT2D eigenvalue weighted by atomic mass is 10.4. The summed E-state index contributed by atoms with van der Waals surface area (Å²) >= 11 is 8.29. The summed E-state index contributed by atoms with van der Waals surface area (Å²) in [5.41, 5.74) is 0. The van der Waals surface area contributed by atoms with E-state index in [4.69, 9.17) is 0 Å². The monoisotopic (exact) mass is 179 g/mol. The molecule has 0 amide bonds. The minimum atomic E-state index is 0.991. The first kappa shape index (κ1) is 10.7. The normalized spacial score (nSPS) is 10.8. The van der Waals surface area contributed by atoms with Crippen molar-refractivity contribution in [2.75, 3.05) is 31.6 Å². The smallest absolute Gasteiger partial charge is 0.00140 e. The molecule has 1 nitrogen and oxygen atoms in total. The molecule has 0 saturated carbocycles. The third-order valence-corrected chi connectivity index (χ3v) is 2.03. The van der Waals surface area contributed by atoms with Gasteiger partial charge in [-0.2, -0.15) is 25.3 Å². The predicted octanol–water partition coefficient (Wildman–Crippen LogP) is 1.56. The van der Waals surface area contributed by atoms with Gasteiger partial charge in [-0.3, -0.25) is 0 Å². The quantitative estimate of drug-likeness (QED) is 0.585. The highest BCUT2D eigenvalue weighted by molar-refractivity contribution is 7.80. The maximum absolute atomic E-state index is 4.14. The molecule has 0 N–H and O–H groups in total. The fourth-order valence-electron chi connectivity index (χ4n) is 0.793. The van der Waals surface area contributed by atoms with Gasteiger partial charge in [-0.05, 0) is 44.5 Å². The molecule has 0 aromatic heterocycles. The molecule has 0 aromatic rings. The highest BCUT2D eigenvalue weighted by Crippen LogP contribution is 1.92. The zero-order valence-corrected chi connectivity index (χ0v) is 8.37. The third kappa shape index (κ3) is 6.78. The Hall–Kier alpha value is 0.660. The molecule has 62 valence electrons. The Morgan fingerprint density at radius 2 is 1.40 bits per heavy atom. The summed E-state index contributed by atoms with van der Waals surface area (Å²) in [6.45, 7) is 2.33. The summed E-state index contributed by atoms with van der Waals surface area (Å²) < 4.78 is 0. The summed E-state index contributed by atoms with van der Waals surface area (Å²) in [6.07, 6.45) is 2.37. The predicted molar refractivity (Wildman–Crippen MR) is 54.4 cm³/mol. The van der Waals surface area contributed by atoms with Gasteiger partial charge >= 0.3 is 0 Å². The van der Waals surface area contributed by atoms with Crippen LogP contribution < -0.4 is 0 Å². The van der Waals surface area contributed by atoms with Gasteiger partial charge in [0, 0.05) is 0 Å². The van der Waals surface area contributed by atoms with Crippen molar-refractivity contribution in [3.05, 3.63) is 0 Å². The molecule has 3 heteroatoms. The van der Waals surface area contributed by atoms with Gasteiger partial charge in [0.2, 0.25) is 0 Å². The first-order chi connectivity index (χ1) is 4.81. The van der Waals surface area contributed by atoms with E-state index in [1.165, 1.54) is 12.8 Å². The lowest BCUT2D eigenvalue weighted by Crippen LogP contribution is -2.21. The number of rotatable bonds is 6. The fourth-order valence-corrected chi connectivity index (χ4v) is 1.08. The highest BCUT2D eigenvalue weighted by Gasteiger charge is 1.94. The number of nitrogens with zero attached hydrogens (tertiary/aromatic N) is 1. The molecule has 0 unspecified atom stereocenters. The Morgan fingerprint density at radius 3 is 1.70 bits per heavy atom. The van der Waals surface area contributed by atoms with Crippen LogP contribution in [0, 0.1) is 0 Å². The van der Waals surface area contributed by atoms with E-state index < -0.39 is 0 Å². The van der Waals surface area contributed by atoms with Gasteiger partial charge in [0.25, 0.3) is 0 Å². The van der Waals surface area contributed by atoms with Crippen molar-refractivity contribution in [1.29, 1.82) is 0 Å². The van der Waals surface area contributed by atoms with Crippen LogP contribution in [0.15, 0.2) is 0 Å². The Kier molecular flexibility index (Phi) is 8.28. The maximum atomic E-state index is 4.14. The largest absolute Gasteiger partial charge is 0.306 e. The van der Waals surface area contributed by atoms with E-state index in [-0.39, 0.29) is 0 Å². The molecule has 0 rings (SSSR count). The summed E-state index contributed by atoms with van der Waals surface area (Å²) in [5.74, 6) is 1.98. The zero-order valence-electron chi connectivity index (χ0n) is 6.58. The molecular formula is C7H17NS2. The van der Waals surface area contributed by atoms with Gasteiger partial charge in [-0.1, -0.05) is 0 Å². The first-order valence-electron chi connectivity index (χ1n) is 3.71. The van der Waals surface area contributed by atoms with Crippen LogP contribution in [0.5, 0.6) is 0 Å². The highest BCUT2D eigenvalue weighted by atomic mass is 32.1. The van der Waals surface area contributed by atoms with Crippen molar-refractivity contribution >= 4 is 25.3 Å². The van der Waals surface area contributed by atoms with Crippen molar-refractivity contribution in [1.82, 2.24) is 4.90 Å². The van der Waals surface area contributed by atoms with Crippen LogP contribution in [0.25, 0.3) is 0 Å². The minimum absolute atomic E-state index is 0.991. The van der Waals surface area contributed by atoms with E-state index in [0.717, 1.165) is 24.6 Å². The summed E-state index contributed by atoms with van der Waals surface area (Å²) in [5, 5.41) is 0. The number of hydrogen-bond donors (Lipinski definition) is 2. The summed E-state index contributed by atoms with van der Waals surface area (Å²) in [7, 11) is 2.15. The lowest BCUT2D eigenvalue weighted by Gasteiger charge is -2.14. The molecular weight excluding hydrogens is 162 g/mol. The van der Waals surface area contributed by atoms with E-state index in [9.17, 15) is 0 Å². The third-order valence-electron chi connectivity index (χ3n) is 1.40. The number of hydrogen-bond acceptors (Lipinski definition) is 3. The Morgan fingerprint density at radius 1 is 1.00 bits per heavy atom. The van der Waals surface area contributed by atoms with Crippen LogP contribution in [-0.2, 0) is 0 Å². The van der Waals surface area contributed by atoms with Crippen LogP contribution in [0.3, 0.4) is 0 Å². The van der Waals surface area contributed by atoms with E-state index >= 15 is 0 Å². The standard InChI is InChI=1S/C7H17NS2/c1-8(4-2-6-9)5-3-7-10/h9-10H,2-7H2,1H3. The summed E-state index contributed by atoms with van der Waals surface area (Å²) in [6, 6.07) is 0. The van der Waals surface area contributed by atoms with Gasteiger partial charge in [0.15, 0.2) is 0 Å². The van der Waals surface area contributed by atoms with Crippen molar-refractivity contribution < 1.29 is 0 Å². The molecule has 0 atom stereocenters. The molecule has 0 bridgehead atoms. The van der Waals surface area contributed by atoms with Crippen LogP contribution in [0.2, 0.25) is 0 Å². The van der Waals surface area contributed by atoms with Crippen molar-refractivity contribution in [2.24, 2.45) is 0 Å². The number of thiol groups is 2. The Balaban J connectivity index is 3.00. The topological polar surface area (TPSA) is 3.24 Å². The van der Waals surface area contributed by atoms with Crippen LogP contribution in [-0.4, -0.2) is 36.5 Å². The molecule has 0 spiro atoms. The Bertz CT molecular complexity index is 60.6. The van der Waals surface area contributed by atoms with Gasteiger partial charge in [-0.25, -0.2) is 0 Å². The molecule has 0 saturated heterocycles. The molecule has 0 fully saturated rings. The van der Waals surface area contributed by atoms with Crippen molar-refractivity contribution in [2.45, 2.75) is 12.8 Å². The van der Waals surface area contributed by atoms with Crippen LogP contribution >= 0.6 is 25.3 Å². The van der Waals surface area contributed by atoms with Crippen molar-refractivity contribution in [3.63, 3.8) is 0 Å². The SMILES string of the molecule is CN(CCCS)CCCS. The van der Waals surface area contributed by atoms with Crippen LogP contribution in [0.1, 0.15) is 12.8 Å². The van der Waals surface area contributed by atoms with E-state index in [2.05, 4.69) is 37.2 Å². The van der Waals surface area contributed by atoms with E-state index in [1.54, 1.807) is 0 Å². The second kappa shape index (κ2) is 7.76. The second-order valence-corrected chi connectivity index (χ2v) is 3.35. The molecule has 0 aliphatic rings. The van der Waals surface area contributed by atoms with Gasteiger partial charge in [0.05, 0.1) is 0 Å². The van der Waals surface area contributed by atoms with Gasteiger partial charge in [0.1, 0.15) is 0 Å². The second-order valence-electron chi connectivity index (χ2n) is 2.46. The lowest BCUT2D eigenvalue weighted by molar-refractivity contribution is 0.338. The molecule has 0 aliphatic heterocycles. The van der Waals surface area contributed by atoms with E-state index in [1.807, 2.05) is 0 Å². The summed E-state index contributed by atoms with van der Waals surface area (Å²) in [4.78, 5) is 2.33. The zero-order chi connectivity index (χ0) is 7.82. The van der Waals surface area contributed by atoms with Crippen molar-refractivity contribution in [3.8, 4) is 0 Å². The minimum Gasteiger partial charge on any atom is -0.306 e. The van der Waals surface area contributed by atoms with Gasteiger partial charge < -0.3 is 4.90 Å². The van der Waals surface area contributed by atoms with Gasteiger partial charge in [-0.15, -0.1) is 0 Å². The first-order valence-corrected chi connectivity index (χ1v) is 4.98. The molecule has 10 heavy (non-hydrogen) atoms. The molecule has 0 aromatic carbocycles. The average molecular weight is 179 g/mol. The molecule has 0 heterocycles. The maximum Gasteiger partial charge on any atom is -0.00140 e. The molecule has 0 radical (unpaired) electrons. The fraction of sp³-hybridized carbons (Fsp3) is 1.00.